The zero-order valence-corrected chi connectivity index (χ0v) is 11.7. The van der Waals surface area contributed by atoms with Gasteiger partial charge in [0.2, 0.25) is 0 Å². The maximum absolute atomic E-state index is 5.99. The molecule has 2 heterocycles. The topological polar surface area (TPSA) is 55.0 Å². The minimum absolute atomic E-state index is 0.594. The van der Waals surface area contributed by atoms with Gasteiger partial charge in [0, 0.05) is 26.0 Å². The third-order valence-electron chi connectivity index (χ3n) is 2.66. The van der Waals surface area contributed by atoms with Crippen LogP contribution in [0.4, 0.5) is 10.8 Å². The molecule has 0 saturated carbocycles. The first-order chi connectivity index (χ1) is 8.59. The van der Waals surface area contributed by atoms with Gasteiger partial charge in [0.15, 0.2) is 0 Å². The van der Waals surface area contributed by atoms with Crippen LogP contribution in [0.5, 0.6) is 0 Å². The largest absolute Gasteiger partial charge is 0.382 e. The van der Waals surface area contributed by atoms with Crippen LogP contribution in [0.1, 0.15) is 13.8 Å². The normalized spacial score (nSPS) is 10.9. The lowest BCUT2D eigenvalue weighted by Crippen LogP contribution is -2.22. The zero-order chi connectivity index (χ0) is 13.1. The summed E-state index contributed by atoms with van der Waals surface area (Å²) in [6.07, 6.45) is 3.55. The fourth-order valence-corrected chi connectivity index (χ4v) is 2.78. The molecule has 5 heteroatoms. The monoisotopic (exact) mass is 262 g/mol. The van der Waals surface area contributed by atoms with E-state index in [1.165, 1.54) is 11.5 Å². The maximum atomic E-state index is 5.99. The fourth-order valence-electron chi connectivity index (χ4n) is 1.97. The molecule has 0 amide bonds. The highest BCUT2D eigenvalue weighted by Gasteiger charge is 2.17. The van der Waals surface area contributed by atoms with Gasteiger partial charge in [0.25, 0.3) is 0 Å². The average molecular weight is 262 g/mol. The Bertz CT molecular complexity index is 507. The predicted octanol–water partition coefficient (Wildman–Crippen LogP) is 2.88. The molecule has 2 rings (SSSR count). The molecule has 0 aromatic carbocycles. The van der Waals surface area contributed by atoms with Crippen molar-refractivity contribution in [3.05, 3.63) is 24.5 Å². The molecule has 2 aromatic rings. The first kappa shape index (κ1) is 12.8. The van der Waals surface area contributed by atoms with Gasteiger partial charge in [-0.15, -0.1) is 0 Å². The van der Waals surface area contributed by atoms with E-state index in [0.29, 0.717) is 11.7 Å². The highest BCUT2D eigenvalue weighted by Crippen LogP contribution is 2.38. The molecule has 0 aliphatic heterocycles. The number of nitrogen functional groups attached to an aromatic ring is 1. The van der Waals surface area contributed by atoms with Crippen molar-refractivity contribution in [2.24, 2.45) is 5.92 Å². The molecule has 0 saturated heterocycles. The predicted molar refractivity (Wildman–Crippen MR) is 77.9 cm³/mol. The van der Waals surface area contributed by atoms with Crippen LogP contribution in [-0.2, 0) is 0 Å². The Labute approximate surface area is 112 Å². The summed E-state index contributed by atoms with van der Waals surface area (Å²) in [7, 11) is 2.08. The summed E-state index contributed by atoms with van der Waals surface area (Å²) < 4.78 is 4.28. The highest BCUT2D eigenvalue weighted by atomic mass is 32.1. The van der Waals surface area contributed by atoms with Crippen LogP contribution in [-0.4, -0.2) is 22.9 Å². The van der Waals surface area contributed by atoms with E-state index in [9.17, 15) is 0 Å². The molecule has 0 radical (unpaired) electrons. The summed E-state index contributed by atoms with van der Waals surface area (Å²) in [5, 5.41) is 1.12. The van der Waals surface area contributed by atoms with Crippen LogP contribution in [0.15, 0.2) is 24.5 Å². The number of hydrogen-bond donors (Lipinski definition) is 1. The van der Waals surface area contributed by atoms with Crippen molar-refractivity contribution in [1.82, 2.24) is 9.36 Å². The van der Waals surface area contributed by atoms with Crippen LogP contribution >= 0.6 is 11.5 Å². The Morgan fingerprint density at radius 3 is 2.61 bits per heavy atom. The molecular formula is C13H18N4S. The summed E-state index contributed by atoms with van der Waals surface area (Å²) in [5.74, 6) is 1.19. The van der Waals surface area contributed by atoms with Gasteiger partial charge in [-0.3, -0.25) is 4.98 Å². The molecule has 0 fully saturated rings. The lowest BCUT2D eigenvalue weighted by Gasteiger charge is -2.20. The van der Waals surface area contributed by atoms with Gasteiger partial charge in [-0.1, -0.05) is 13.8 Å². The minimum Gasteiger partial charge on any atom is -0.382 e. The van der Waals surface area contributed by atoms with Crippen LogP contribution in [0.25, 0.3) is 11.1 Å². The van der Waals surface area contributed by atoms with E-state index in [1.807, 2.05) is 12.1 Å². The molecule has 0 aliphatic rings. The Balaban J connectivity index is 2.39. The highest BCUT2D eigenvalue weighted by molar-refractivity contribution is 7.11. The van der Waals surface area contributed by atoms with Crippen molar-refractivity contribution in [1.29, 1.82) is 0 Å². The summed E-state index contributed by atoms with van der Waals surface area (Å²) in [5.41, 5.74) is 8.08. The van der Waals surface area contributed by atoms with Crippen LogP contribution in [0.2, 0.25) is 0 Å². The Morgan fingerprint density at radius 2 is 2.00 bits per heavy atom. The lowest BCUT2D eigenvalue weighted by molar-refractivity contribution is 0.641. The smallest absolute Gasteiger partial charge is 0.147 e. The van der Waals surface area contributed by atoms with Crippen molar-refractivity contribution >= 4 is 22.4 Å². The number of nitrogens with two attached hydrogens (primary N) is 1. The van der Waals surface area contributed by atoms with E-state index >= 15 is 0 Å². The standard InChI is InChI=1S/C13H18N4S/c1-9(2)8-17(3)13-11(12(14)16-18-13)10-4-6-15-7-5-10/h4-7,9H,8H2,1-3H3,(H2,14,16). The Morgan fingerprint density at radius 1 is 1.33 bits per heavy atom. The van der Waals surface area contributed by atoms with Crippen molar-refractivity contribution in [3.8, 4) is 11.1 Å². The first-order valence-electron chi connectivity index (χ1n) is 5.96. The van der Waals surface area contributed by atoms with E-state index in [4.69, 9.17) is 5.73 Å². The van der Waals surface area contributed by atoms with Gasteiger partial charge in [0.05, 0.1) is 5.56 Å². The molecule has 0 aliphatic carbocycles. The molecule has 96 valence electrons. The summed E-state index contributed by atoms with van der Waals surface area (Å²) in [4.78, 5) is 6.25. The molecule has 0 atom stereocenters. The SMILES string of the molecule is CC(C)CN(C)c1snc(N)c1-c1ccncc1. The third-order valence-corrected chi connectivity index (χ3v) is 3.63. The minimum atomic E-state index is 0.594. The van der Waals surface area contributed by atoms with Gasteiger partial charge in [-0.25, -0.2) is 0 Å². The van der Waals surface area contributed by atoms with E-state index in [-0.39, 0.29) is 0 Å². The van der Waals surface area contributed by atoms with E-state index in [1.54, 1.807) is 12.4 Å². The summed E-state index contributed by atoms with van der Waals surface area (Å²) >= 11 is 1.45. The molecular weight excluding hydrogens is 244 g/mol. The van der Waals surface area contributed by atoms with Crippen LogP contribution in [0, 0.1) is 5.92 Å². The van der Waals surface area contributed by atoms with Gasteiger partial charge in [-0.05, 0) is 35.1 Å². The van der Waals surface area contributed by atoms with Crippen LogP contribution in [0.3, 0.4) is 0 Å². The average Bonchev–Trinajstić information content (AvgIpc) is 2.71. The number of nitrogens with zero attached hydrogens (tertiary/aromatic N) is 3. The molecule has 2 N–H and O–H groups in total. The second-order valence-electron chi connectivity index (χ2n) is 4.76. The molecule has 4 nitrogen and oxygen atoms in total. The Kier molecular flexibility index (Phi) is 3.81. The zero-order valence-electron chi connectivity index (χ0n) is 10.9. The second kappa shape index (κ2) is 5.35. The van der Waals surface area contributed by atoms with Crippen molar-refractivity contribution < 1.29 is 0 Å². The number of rotatable bonds is 4. The quantitative estimate of drug-likeness (QED) is 0.920. The van der Waals surface area contributed by atoms with Crippen molar-refractivity contribution in [2.75, 3.05) is 24.2 Å². The summed E-state index contributed by atoms with van der Waals surface area (Å²) in [6, 6.07) is 3.93. The number of pyridine rings is 1. The van der Waals surface area contributed by atoms with Crippen molar-refractivity contribution in [2.45, 2.75) is 13.8 Å². The van der Waals surface area contributed by atoms with Gasteiger partial charge < -0.3 is 10.6 Å². The molecule has 18 heavy (non-hydrogen) atoms. The summed E-state index contributed by atoms with van der Waals surface area (Å²) in [6.45, 7) is 5.39. The van der Waals surface area contributed by atoms with Gasteiger partial charge >= 0.3 is 0 Å². The first-order valence-corrected chi connectivity index (χ1v) is 6.73. The third kappa shape index (κ3) is 2.61. The van der Waals surface area contributed by atoms with Crippen molar-refractivity contribution in [3.63, 3.8) is 0 Å². The Hall–Kier alpha value is -1.62. The van der Waals surface area contributed by atoms with E-state index < -0.39 is 0 Å². The fraction of sp³-hybridized carbons (Fsp3) is 0.385. The maximum Gasteiger partial charge on any atom is 0.147 e. The molecule has 0 bridgehead atoms. The second-order valence-corrected chi connectivity index (χ2v) is 5.51. The number of anilines is 2. The van der Waals surface area contributed by atoms with Gasteiger partial charge in [0.1, 0.15) is 10.8 Å². The van der Waals surface area contributed by atoms with E-state index in [0.717, 1.165) is 22.7 Å². The lowest BCUT2D eigenvalue weighted by atomic mass is 10.1. The van der Waals surface area contributed by atoms with Gasteiger partial charge in [-0.2, -0.15) is 4.37 Å². The molecule has 0 spiro atoms. The molecule has 2 aromatic heterocycles. The van der Waals surface area contributed by atoms with Crippen LogP contribution < -0.4 is 10.6 Å². The molecule has 0 unspecified atom stereocenters. The number of hydrogen-bond acceptors (Lipinski definition) is 5. The van der Waals surface area contributed by atoms with E-state index in [2.05, 4.69) is 35.2 Å². The number of aromatic nitrogens is 2.